The van der Waals surface area contributed by atoms with Gasteiger partial charge in [0.15, 0.2) is 11.5 Å². The van der Waals surface area contributed by atoms with Crippen LogP contribution in [0.15, 0.2) is 24.3 Å². The maximum absolute atomic E-state index is 10.7. The number of ether oxygens (including phenoxy) is 2. The zero-order chi connectivity index (χ0) is 10.4. The smallest absolute Gasteiger partial charge is 0.308 e. The van der Waals surface area contributed by atoms with Gasteiger partial charge in [-0.1, -0.05) is 18.1 Å². The predicted molar refractivity (Wildman–Crippen MR) is 52.1 cm³/mol. The number of terminal acetylenes is 1. The topological polar surface area (TPSA) is 35.5 Å². The molecule has 3 heteroatoms. The van der Waals surface area contributed by atoms with E-state index in [0.717, 1.165) is 0 Å². The summed E-state index contributed by atoms with van der Waals surface area (Å²) in [5.74, 6) is 2.80. The van der Waals surface area contributed by atoms with E-state index >= 15 is 0 Å². The third kappa shape index (κ3) is 2.83. The lowest BCUT2D eigenvalue weighted by molar-refractivity contribution is -0.132. The summed E-state index contributed by atoms with van der Waals surface area (Å²) in [4.78, 5) is 10.7. The van der Waals surface area contributed by atoms with Gasteiger partial charge in [0.05, 0.1) is 0 Å². The van der Waals surface area contributed by atoms with Gasteiger partial charge in [-0.05, 0) is 12.1 Å². The van der Waals surface area contributed by atoms with Crippen LogP contribution in [0.25, 0.3) is 0 Å². The van der Waals surface area contributed by atoms with Crippen LogP contribution in [-0.2, 0) is 4.79 Å². The highest BCUT2D eigenvalue weighted by Crippen LogP contribution is 2.26. The Balaban J connectivity index is 2.81. The molecule has 0 bridgehead atoms. The minimum absolute atomic E-state index is 0.151. The monoisotopic (exact) mass is 190 g/mol. The summed E-state index contributed by atoms with van der Waals surface area (Å²) in [6.07, 6.45) is 5.04. The number of benzene rings is 1. The molecule has 1 rings (SSSR count). The second-order valence-corrected chi connectivity index (χ2v) is 2.53. The molecule has 72 valence electrons. The fourth-order valence-electron chi connectivity index (χ4n) is 0.928. The van der Waals surface area contributed by atoms with Crippen LogP contribution in [-0.4, -0.2) is 12.6 Å². The molecule has 1 aromatic rings. The molecule has 0 heterocycles. The number of hydrogen-bond donors (Lipinski definition) is 0. The van der Waals surface area contributed by atoms with Crippen molar-refractivity contribution >= 4 is 5.97 Å². The molecular formula is C11H10O3. The molecule has 0 atom stereocenters. The molecule has 1 aromatic carbocycles. The second-order valence-electron chi connectivity index (χ2n) is 2.53. The molecule has 0 aliphatic carbocycles. The van der Waals surface area contributed by atoms with Crippen LogP contribution in [0.3, 0.4) is 0 Å². The Hall–Kier alpha value is -1.95. The summed E-state index contributed by atoms with van der Waals surface area (Å²) in [6.45, 7) is 1.48. The Bertz CT molecular complexity index is 363. The van der Waals surface area contributed by atoms with Crippen molar-refractivity contribution < 1.29 is 14.3 Å². The van der Waals surface area contributed by atoms with E-state index in [4.69, 9.17) is 15.9 Å². The number of carbonyl (C=O) groups excluding carboxylic acids is 1. The number of hydrogen-bond acceptors (Lipinski definition) is 3. The first-order valence-electron chi connectivity index (χ1n) is 4.07. The largest absolute Gasteiger partial charge is 0.477 e. The Labute approximate surface area is 82.6 Å². The van der Waals surface area contributed by atoms with Crippen molar-refractivity contribution in [3.63, 3.8) is 0 Å². The Morgan fingerprint density at radius 3 is 2.64 bits per heavy atom. The van der Waals surface area contributed by atoms with Crippen LogP contribution in [0.1, 0.15) is 6.92 Å². The second kappa shape index (κ2) is 4.93. The van der Waals surface area contributed by atoms with Crippen LogP contribution in [0.4, 0.5) is 0 Å². The molecule has 0 aliphatic heterocycles. The van der Waals surface area contributed by atoms with E-state index in [0.29, 0.717) is 11.5 Å². The first kappa shape index (κ1) is 10.1. The first-order chi connectivity index (χ1) is 6.74. The summed E-state index contributed by atoms with van der Waals surface area (Å²) in [6, 6.07) is 6.86. The Morgan fingerprint density at radius 2 is 2.07 bits per heavy atom. The van der Waals surface area contributed by atoms with E-state index < -0.39 is 0 Å². The molecule has 0 aromatic heterocycles. The highest BCUT2D eigenvalue weighted by atomic mass is 16.6. The van der Waals surface area contributed by atoms with Crippen LogP contribution in [0.2, 0.25) is 0 Å². The number of carbonyl (C=O) groups is 1. The maximum atomic E-state index is 10.7. The van der Waals surface area contributed by atoms with Crippen LogP contribution in [0.5, 0.6) is 11.5 Å². The van der Waals surface area contributed by atoms with E-state index in [1.807, 2.05) is 0 Å². The van der Waals surface area contributed by atoms with Gasteiger partial charge in [-0.15, -0.1) is 6.42 Å². The van der Waals surface area contributed by atoms with Crippen molar-refractivity contribution in [1.29, 1.82) is 0 Å². The van der Waals surface area contributed by atoms with Gasteiger partial charge in [0.25, 0.3) is 0 Å². The fraction of sp³-hybridized carbons (Fsp3) is 0.182. The van der Waals surface area contributed by atoms with Gasteiger partial charge < -0.3 is 9.47 Å². The van der Waals surface area contributed by atoms with Gasteiger partial charge in [-0.25, -0.2) is 0 Å². The zero-order valence-electron chi connectivity index (χ0n) is 7.82. The van der Waals surface area contributed by atoms with Crippen molar-refractivity contribution in [2.45, 2.75) is 6.92 Å². The molecular weight excluding hydrogens is 180 g/mol. The normalized spacial score (nSPS) is 8.86. The predicted octanol–water partition coefficient (Wildman–Crippen LogP) is 1.62. The molecule has 0 unspecified atom stereocenters. The molecule has 0 spiro atoms. The SMILES string of the molecule is C#CCOc1ccccc1OC(C)=O. The number of para-hydroxylation sites is 2. The molecule has 0 saturated carbocycles. The number of esters is 1. The summed E-state index contributed by atoms with van der Waals surface area (Å²) < 4.78 is 10.1. The van der Waals surface area contributed by atoms with Crippen molar-refractivity contribution in [3.05, 3.63) is 24.3 Å². The zero-order valence-corrected chi connectivity index (χ0v) is 7.82. The fourth-order valence-corrected chi connectivity index (χ4v) is 0.928. The van der Waals surface area contributed by atoms with Crippen molar-refractivity contribution in [3.8, 4) is 23.8 Å². The highest BCUT2D eigenvalue weighted by molar-refractivity contribution is 5.70. The number of rotatable bonds is 3. The van der Waals surface area contributed by atoms with Gasteiger partial charge in [-0.2, -0.15) is 0 Å². The van der Waals surface area contributed by atoms with Gasteiger partial charge in [-0.3, -0.25) is 4.79 Å². The van der Waals surface area contributed by atoms with Crippen LogP contribution < -0.4 is 9.47 Å². The lowest BCUT2D eigenvalue weighted by Crippen LogP contribution is -2.04. The average molecular weight is 190 g/mol. The lowest BCUT2D eigenvalue weighted by Gasteiger charge is -2.07. The third-order valence-corrected chi connectivity index (χ3v) is 1.41. The van der Waals surface area contributed by atoms with Gasteiger partial charge in [0.2, 0.25) is 0 Å². The standard InChI is InChI=1S/C11H10O3/c1-3-8-13-10-6-4-5-7-11(10)14-9(2)12/h1,4-7H,8H2,2H3. The lowest BCUT2D eigenvalue weighted by atomic mass is 10.3. The minimum Gasteiger partial charge on any atom is -0.477 e. The Kier molecular flexibility index (Phi) is 3.57. The van der Waals surface area contributed by atoms with E-state index in [1.54, 1.807) is 24.3 Å². The first-order valence-corrected chi connectivity index (χ1v) is 4.07. The summed E-state index contributed by atoms with van der Waals surface area (Å²) >= 11 is 0. The summed E-state index contributed by atoms with van der Waals surface area (Å²) in [5.41, 5.74) is 0. The van der Waals surface area contributed by atoms with Crippen LogP contribution in [0, 0.1) is 12.3 Å². The minimum atomic E-state index is -0.387. The van der Waals surface area contributed by atoms with E-state index in [-0.39, 0.29) is 12.6 Å². The summed E-state index contributed by atoms with van der Waals surface area (Å²) in [7, 11) is 0. The van der Waals surface area contributed by atoms with E-state index in [9.17, 15) is 4.79 Å². The average Bonchev–Trinajstić information content (AvgIpc) is 2.16. The van der Waals surface area contributed by atoms with Gasteiger partial charge in [0, 0.05) is 6.92 Å². The van der Waals surface area contributed by atoms with E-state index in [1.165, 1.54) is 6.92 Å². The Morgan fingerprint density at radius 1 is 1.43 bits per heavy atom. The third-order valence-electron chi connectivity index (χ3n) is 1.41. The molecule has 0 fully saturated rings. The van der Waals surface area contributed by atoms with Gasteiger partial charge in [0.1, 0.15) is 6.61 Å². The molecule has 0 aliphatic rings. The van der Waals surface area contributed by atoms with Crippen molar-refractivity contribution in [2.75, 3.05) is 6.61 Å². The molecule has 3 nitrogen and oxygen atoms in total. The quantitative estimate of drug-likeness (QED) is 0.413. The molecule has 0 N–H and O–H groups in total. The summed E-state index contributed by atoms with van der Waals surface area (Å²) in [5, 5.41) is 0. The molecule has 0 radical (unpaired) electrons. The molecule has 0 amide bonds. The van der Waals surface area contributed by atoms with E-state index in [2.05, 4.69) is 5.92 Å². The van der Waals surface area contributed by atoms with Crippen molar-refractivity contribution in [1.82, 2.24) is 0 Å². The molecule has 14 heavy (non-hydrogen) atoms. The van der Waals surface area contributed by atoms with Gasteiger partial charge >= 0.3 is 5.97 Å². The van der Waals surface area contributed by atoms with Crippen molar-refractivity contribution in [2.24, 2.45) is 0 Å². The maximum Gasteiger partial charge on any atom is 0.308 e. The molecule has 0 saturated heterocycles. The van der Waals surface area contributed by atoms with Crippen LogP contribution >= 0.6 is 0 Å². The highest BCUT2D eigenvalue weighted by Gasteiger charge is 2.05.